The van der Waals surface area contributed by atoms with E-state index in [1.807, 2.05) is 0 Å². The van der Waals surface area contributed by atoms with Crippen molar-refractivity contribution in [2.45, 2.75) is 23.0 Å². The lowest BCUT2D eigenvalue weighted by atomic mass is 9.89. The third kappa shape index (κ3) is 7.13. The van der Waals surface area contributed by atoms with Crippen LogP contribution >= 0.6 is 34.9 Å². The van der Waals surface area contributed by atoms with E-state index in [4.69, 9.17) is 9.94 Å². The minimum absolute atomic E-state index is 0.0185. The fraction of sp³-hybridized carbons (Fsp3) is 0.280. The maximum Gasteiger partial charge on any atom is 0.313 e. The zero-order chi connectivity index (χ0) is 32.0. The number of thiazole rings is 1. The predicted molar refractivity (Wildman–Crippen MR) is 161 cm³/mol. The highest BCUT2D eigenvalue weighted by Crippen LogP contribution is 2.44. The number of nitrogens with zero attached hydrogens (tertiary/aromatic N) is 7. The number of carbonyl (C=O) groups is 5. The van der Waals surface area contributed by atoms with Crippen LogP contribution < -0.4 is 15.5 Å². The number of rotatable bonds is 14. The lowest BCUT2D eigenvalue weighted by Crippen LogP contribution is -2.74. The Morgan fingerprint density at radius 3 is 2.78 bits per heavy atom. The van der Waals surface area contributed by atoms with Crippen LogP contribution in [0.1, 0.15) is 12.1 Å². The molecular weight excluding hydrogens is 651 g/mol. The highest BCUT2D eigenvalue weighted by atomic mass is 32.2. The van der Waals surface area contributed by atoms with Gasteiger partial charge in [-0.3, -0.25) is 24.0 Å². The third-order valence-electron chi connectivity index (χ3n) is 6.49. The molecule has 4 heterocycles. The second-order valence-corrected chi connectivity index (χ2v) is 12.4. The molecule has 2 aromatic heterocycles. The Morgan fingerprint density at radius 2 is 2.04 bits per heavy atom. The number of amides is 3. The summed E-state index contributed by atoms with van der Waals surface area (Å²) in [5.74, 6) is -2.87. The third-order valence-corrected chi connectivity index (χ3v) is 10.1. The number of fused-ring (bicyclic) bond motifs is 1. The van der Waals surface area contributed by atoms with Gasteiger partial charge in [-0.2, -0.15) is 4.68 Å². The molecule has 0 bridgehead atoms. The molecule has 45 heavy (non-hydrogen) atoms. The lowest BCUT2D eigenvalue weighted by Gasteiger charge is -2.53. The van der Waals surface area contributed by atoms with Gasteiger partial charge in [-0.1, -0.05) is 41.2 Å². The molecule has 2 saturated heterocycles. The minimum atomic E-state index is -1.35. The average molecular weight is 674 g/mol. The Morgan fingerprint density at radius 1 is 1.24 bits per heavy atom. The number of thioether (sulfide) groups is 2. The summed E-state index contributed by atoms with van der Waals surface area (Å²) in [5.41, 5.74) is -1.47. The average Bonchev–Trinajstić information content (AvgIpc) is 3.69. The van der Waals surface area contributed by atoms with E-state index < -0.39 is 40.6 Å². The van der Waals surface area contributed by atoms with Gasteiger partial charge < -0.3 is 30.6 Å². The molecule has 4 N–H and O–H groups in total. The standard InChI is InChI=1S/C25H23N9O8S3/c35-13-26-23-27-15(9-43-23)17(30-42-14-5-2-1-3-6-14)19(38)28-18-20(39)33-10-25(22(40)41,11-44-21(18)33)12-45-24-29-31-32-34(24)8-4-7-16(36)37/h1-6,8-9,13,18,21H,7,10-12H2,(H,28,38)(H,36,37)(H,40,41)(H,26,27,35)/t18?,21-,25?/m1/s1. The first-order valence-electron chi connectivity index (χ1n) is 12.9. The quantitative estimate of drug-likeness (QED) is 0.0607. The summed E-state index contributed by atoms with van der Waals surface area (Å²) < 4.78 is 1.24. The summed E-state index contributed by atoms with van der Waals surface area (Å²) in [5, 5.41) is 40.7. The highest BCUT2D eigenvalue weighted by Gasteiger charge is 2.57. The number of benzene rings is 1. The van der Waals surface area contributed by atoms with Crippen LogP contribution in [-0.2, 0) is 24.0 Å². The number of hydrogen-bond acceptors (Lipinski definition) is 14. The zero-order valence-electron chi connectivity index (χ0n) is 22.9. The molecule has 2 fully saturated rings. The Bertz CT molecular complexity index is 1660. The minimum Gasteiger partial charge on any atom is -0.481 e. The van der Waals surface area contributed by atoms with Crippen molar-refractivity contribution in [3.05, 3.63) is 47.5 Å². The molecule has 17 nitrogen and oxygen atoms in total. The van der Waals surface area contributed by atoms with E-state index >= 15 is 0 Å². The summed E-state index contributed by atoms with van der Waals surface area (Å²) >= 11 is 3.34. The van der Waals surface area contributed by atoms with Crippen molar-refractivity contribution in [3.8, 4) is 5.75 Å². The number of aromatic nitrogens is 5. The maximum atomic E-state index is 13.4. The number of anilines is 1. The summed E-state index contributed by atoms with van der Waals surface area (Å²) in [7, 11) is 0. The number of oxime groups is 1. The number of aliphatic carboxylic acids is 2. The molecule has 3 aromatic rings. The Balaban J connectivity index is 1.26. The molecule has 234 valence electrons. The number of nitrogens with one attached hydrogen (secondary N) is 2. The van der Waals surface area contributed by atoms with E-state index in [9.17, 15) is 29.1 Å². The van der Waals surface area contributed by atoms with Gasteiger partial charge in [-0.15, -0.1) is 28.2 Å². The first-order chi connectivity index (χ1) is 21.7. The van der Waals surface area contributed by atoms with Crippen LogP contribution in [0.15, 0.2) is 52.1 Å². The molecular formula is C25H23N9O8S3. The zero-order valence-corrected chi connectivity index (χ0v) is 25.3. The van der Waals surface area contributed by atoms with Crippen LogP contribution in [0.4, 0.5) is 5.13 Å². The fourth-order valence-corrected chi connectivity index (χ4v) is 7.60. The molecule has 2 unspecified atom stereocenters. The van der Waals surface area contributed by atoms with E-state index in [1.54, 1.807) is 30.3 Å². The first-order valence-corrected chi connectivity index (χ1v) is 15.8. The van der Waals surface area contributed by atoms with E-state index in [1.165, 1.54) is 39.0 Å². The van der Waals surface area contributed by atoms with Crippen LogP contribution in [0.5, 0.6) is 5.75 Å². The molecule has 2 aliphatic rings. The number of hydrogen-bond donors (Lipinski definition) is 4. The van der Waals surface area contributed by atoms with Gasteiger partial charge in [0.25, 0.3) is 5.91 Å². The van der Waals surface area contributed by atoms with Crippen molar-refractivity contribution in [2.24, 2.45) is 10.6 Å². The molecule has 0 saturated carbocycles. The number of carboxylic acid groups (broad SMARTS) is 2. The molecule has 0 spiro atoms. The van der Waals surface area contributed by atoms with Gasteiger partial charge in [0, 0.05) is 29.6 Å². The fourth-order valence-electron chi connectivity index (χ4n) is 4.23. The normalized spacial score (nSPS) is 21.1. The highest BCUT2D eigenvalue weighted by molar-refractivity contribution is 8.00. The van der Waals surface area contributed by atoms with Crippen LogP contribution in [-0.4, -0.2) is 106 Å². The molecule has 0 aliphatic carbocycles. The van der Waals surface area contributed by atoms with Gasteiger partial charge in [0.1, 0.15) is 22.5 Å². The Hall–Kier alpha value is -4.82. The number of para-hydroxylation sites is 1. The lowest BCUT2D eigenvalue weighted by molar-refractivity contribution is -0.157. The SMILES string of the molecule is O=CNc1nc(C(=NOc2ccccc2)C(=O)NC2C(=O)N3CC(CSc4nnnn4C=CCC(=O)O)(C(=O)O)CS[C@H]23)cs1. The van der Waals surface area contributed by atoms with E-state index in [0.29, 0.717) is 12.2 Å². The van der Waals surface area contributed by atoms with Gasteiger partial charge in [0.2, 0.25) is 17.5 Å². The Kier molecular flexibility index (Phi) is 9.74. The van der Waals surface area contributed by atoms with E-state index in [-0.39, 0.29) is 46.2 Å². The van der Waals surface area contributed by atoms with Crippen molar-refractivity contribution in [1.29, 1.82) is 0 Å². The smallest absolute Gasteiger partial charge is 0.313 e. The largest absolute Gasteiger partial charge is 0.481 e. The van der Waals surface area contributed by atoms with E-state index in [0.717, 1.165) is 23.1 Å². The number of β-lactam (4-membered cyclic amide) rings is 1. The van der Waals surface area contributed by atoms with Crippen LogP contribution in [0.25, 0.3) is 6.20 Å². The van der Waals surface area contributed by atoms with Gasteiger partial charge >= 0.3 is 11.9 Å². The molecule has 3 amide bonds. The van der Waals surface area contributed by atoms with Crippen molar-refractivity contribution in [2.75, 3.05) is 23.4 Å². The molecule has 0 radical (unpaired) electrons. The summed E-state index contributed by atoms with van der Waals surface area (Å²) in [4.78, 5) is 71.6. The molecule has 2 aliphatic heterocycles. The number of carboxylic acids is 2. The summed E-state index contributed by atoms with van der Waals surface area (Å²) in [6.45, 7) is -0.112. The van der Waals surface area contributed by atoms with Crippen molar-refractivity contribution < 1.29 is 39.0 Å². The topological polar surface area (TPSA) is 231 Å². The Labute approximate surface area is 266 Å². The van der Waals surface area contributed by atoms with Gasteiger partial charge in [0.05, 0.1) is 6.42 Å². The van der Waals surface area contributed by atoms with E-state index in [2.05, 4.69) is 36.3 Å². The van der Waals surface area contributed by atoms with Crippen molar-refractivity contribution in [3.63, 3.8) is 0 Å². The van der Waals surface area contributed by atoms with Crippen molar-refractivity contribution >= 4 is 82.1 Å². The maximum absolute atomic E-state index is 13.4. The van der Waals surface area contributed by atoms with Crippen LogP contribution in [0, 0.1) is 5.41 Å². The summed E-state index contributed by atoms with van der Waals surface area (Å²) in [6, 6.07) is 7.53. The molecule has 20 heteroatoms. The monoisotopic (exact) mass is 673 g/mol. The van der Waals surface area contributed by atoms with Gasteiger partial charge in [-0.05, 0) is 22.6 Å². The second-order valence-electron chi connectivity index (χ2n) is 9.53. The molecule has 3 atom stereocenters. The van der Waals surface area contributed by atoms with Gasteiger partial charge in [-0.25, -0.2) is 4.98 Å². The van der Waals surface area contributed by atoms with Crippen LogP contribution in [0.3, 0.4) is 0 Å². The number of carbonyl (C=O) groups excluding carboxylic acids is 3. The van der Waals surface area contributed by atoms with Gasteiger partial charge in [0.15, 0.2) is 16.6 Å². The molecule has 1 aromatic carbocycles. The van der Waals surface area contributed by atoms with Crippen LogP contribution in [0.2, 0.25) is 0 Å². The summed E-state index contributed by atoms with van der Waals surface area (Å²) in [6.07, 6.45) is 2.92. The van der Waals surface area contributed by atoms with Crippen molar-refractivity contribution in [1.82, 2.24) is 35.4 Å². The molecule has 5 rings (SSSR count). The number of tetrazole rings is 1. The second kappa shape index (κ2) is 13.9. The predicted octanol–water partition coefficient (Wildman–Crippen LogP) is 0.690. The first kappa shape index (κ1) is 31.6.